The summed E-state index contributed by atoms with van der Waals surface area (Å²) in [6.45, 7) is -0.550. The molecule has 0 bridgehead atoms. The summed E-state index contributed by atoms with van der Waals surface area (Å²) >= 11 is 0. The summed E-state index contributed by atoms with van der Waals surface area (Å²) in [5.41, 5.74) is 0.630. The van der Waals surface area contributed by atoms with E-state index in [1.165, 1.54) is 48.5 Å². The predicted octanol–water partition coefficient (Wildman–Crippen LogP) is 3.68. The van der Waals surface area contributed by atoms with E-state index in [4.69, 9.17) is 18.9 Å². The molecule has 1 N–H and O–H groups in total. The van der Waals surface area contributed by atoms with Gasteiger partial charge in [0.15, 0.2) is 18.5 Å². The van der Waals surface area contributed by atoms with Crippen molar-refractivity contribution in [2.24, 2.45) is 0 Å². The van der Waals surface area contributed by atoms with Crippen molar-refractivity contribution in [3.05, 3.63) is 143 Å². The fraction of sp³-hybridized carbons (Fsp3) is 0.171. The lowest BCUT2D eigenvalue weighted by Gasteiger charge is -2.45. The first-order chi connectivity index (χ1) is 22.3. The molecule has 11 heteroatoms. The number of nitrogens with zero attached hydrogens (tertiary/aromatic N) is 1. The van der Waals surface area contributed by atoms with Crippen LogP contribution in [0.4, 0.5) is 0 Å². The summed E-state index contributed by atoms with van der Waals surface area (Å²) in [7, 11) is 0. The molecule has 0 spiro atoms. The number of rotatable bonds is 8. The Labute approximate surface area is 262 Å². The molecule has 4 aromatic carbocycles. The summed E-state index contributed by atoms with van der Waals surface area (Å²) in [4.78, 5) is 67.6. The lowest BCUT2D eigenvalue weighted by atomic mass is 9.94. The zero-order chi connectivity index (χ0) is 32.2. The largest absolute Gasteiger partial charge is 0.459 e. The number of hydrogen-bond donors (Lipinski definition) is 1. The van der Waals surface area contributed by atoms with Gasteiger partial charge in [0.05, 0.1) is 27.8 Å². The number of benzene rings is 4. The third kappa shape index (κ3) is 6.01. The van der Waals surface area contributed by atoms with Crippen LogP contribution in [0.2, 0.25) is 0 Å². The van der Waals surface area contributed by atoms with Crippen molar-refractivity contribution >= 4 is 29.7 Å². The van der Waals surface area contributed by atoms with Crippen molar-refractivity contribution in [2.75, 3.05) is 6.61 Å². The number of ether oxygens (including phenoxy) is 4. The Hall–Kier alpha value is -5.65. The normalized spacial score (nSPS) is 22.1. The first-order valence-electron chi connectivity index (χ1n) is 14.4. The molecule has 1 saturated heterocycles. The van der Waals surface area contributed by atoms with E-state index in [1.807, 2.05) is 0 Å². The van der Waals surface area contributed by atoms with Crippen molar-refractivity contribution in [3.8, 4) is 0 Å². The van der Waals surface area contributed by atoms with E-state index in [0.717, 1.165) is 4.90 Å². The maximum atomic E-state index is 13.6. The molecule has 1 unspecified atom stereocenters. The number of amides is 2. The number of imide groups is 1. The van der Waals surface area contributed by atoms with Crippen LogP contribution in [-0.4, -0.2) is 77.0 Å². The highest BCUT2D eigenvalue weighted by molar-refractivity contribution is 6.21. The van der Waals surface area contributed by atoms with E-state index in [0.29, 0.717) is 0 Å². The molecule has 0 saturated carbocycles. The smallest absolute Gasteiger partial charge is 0.338 e. The Morgan fingerprint density at radius 1 is 0.609 bits per heavy atom. The average Bonchev–Trinajstić information content (AvgIpc) is 3.34. The summed E-state index contributed by atoms with van der Waals surface area (Å²) < 4.78 is 23.1. The second-order valence-electron chi connectivity index (χ2n) is 10.5. The minimum atomic E-state index is -1.94. The standard InChI is InChI=1S/C35H27NO10/c37-30-24-18-10-11-19-25(24)31(38)36(30)27-29(46-34(41)23-16-8-3-9-17-23)28(45-33(40)22-14-6-2-7-15-22)26(44-35(27)42)20-43-32(39)21-12-4-1-5-13-21/h1-19,26-29,35,42H,20H2/t26-,27+,28+,29+,35?/m0/s1. The third-order valence-electron chi connectivity index (χ3n) is 7.65. The number of hydrogen-bond acceptors (Lipinski definition) is 10. The molecule has 4 aromatic rings. The lowest BCUT2D eigenvalue weighted by Crippen LogP contribution is -2.67. The van der Waals surface area contributed by atoms with E-state index in [-0.39, 0.29) is 27.8 Å². The minimum absolute atomic E-state index is 0.0737. The van der Waals surface area contributed by atoms with E-state index in [2.05, 4.69) is 0 Å². The Bertz CT molecular complexity index is 1730. The van der Waals surface area contributed by atoms with Crippen molar-refractivity contribution in [2.45, 2.75) is 30.6 Å². The van der Waals surface area contributed by atoms with Gasteiger partial charge in [-0.25, -0.2) is 14.4 Å². The van der Waals surface area contributed by atoms with Crippen molar-refractivity contribution in [1.82, 2.24) is 4.90 Å². The number of carbonyl (C=O) groups is 5. The topological polar surface area (TPSA) is 146 Å². The zero-order valence-electron chi connectivity index (χ0n) is 24.1. The van der Waals surface area contributed by atoms with Gasteiger partial charge >= 0.3 is 17.9 Å². The number of fused-ring (bicyclic) bond motifs is 1. The van der Waals surface area contributed by atoms with Gasteiger partial charge in [-0.15, -0.1) is 0 Å². The van der Waals surface area contributed by atoms with Crippen LogP contribution in [0.25, 0.3) is 0 Å². The van der Waals surface area contributed by atoms with Crippen LogP contribution in [0.3, 0.4) is 0 Å². The molecular weight excluding hydrogens is 594 g/mol. The van der Waals surface area contributed by atoms with Gasteiger partial charge < -0.3 is 24.1 Å². The van der Waals surface area contributed by atoms with Crippen LogP contribution in [0.15, 0.2) is 115 Å². The highest BCUT2D eigenvalue weighted by Gasteiger charge is 2.57. The quantitative estimate of drug-likeness (QED) is 0.176. The van der Waals surface area contributed by atoms with Gasteiger partial charge in [0.1, 0.15) is 18.8 Å². The predicted molar refractivity (Wildman–Crippen MR) is 160 cm³/mol. The van der Waals surface area contributed by atoms with E-state index in [1.54, 1.807) is 66.7 Å². The molecular formula is C35H27NO10. The van der Waals surface area contributed by atoms with Gasteiger partial charge in [-0.2, -0.15) is 0 Å². The van der Waals surface area contributed by atoms with Gasteiger partial charge in [-0.05, 0) is 48.5 Å². The van der Waals surface area contributed by atoms with Gasteiger partial charge in [-0.3, -0.25) is 14.5 Å². The second kappa shape index (κ2) is 13.1. The van der Waals surface area contributed by atoms with Crippen LogP contribution < -0.4 is 0 Å². The number of aliphatic hydroxyl groups is 1. The Balaban J connectivity index is 1.39. The molecule has 2 heterocycles. The summed E-state index contributed by atoms with van der Waals surface area (Å²) in [5, 5.41) is 11.4. The third-order valence-corrected chi connectivity index (χ3v) is 7.65. The van der Waals surface area contributed by atoms with Crippen LogP contribution in [0, 0.1) is 0 Å². The molecule has 0 radical (unpaired) electrons. The Kier molecular flexibility index (Phi) is 8.68. The molecule has 232 valence electrons. The van der Waals surface area contributed by atoms with Crippen LogP contribution in [-0.2, 0) is 18.9 Å². The van der Waals surface area contributed by atoms with Gasteiger partial charge in [-0.1, -0.05) is 66.7 Å². The highest BCUT2D eigenvalue weighted by Crippen LogP contribution is 2.35. The number of carbonyl (C=O) groups excluding carboxylic acids is 5. The van der Waals surface area contributed by atoms with E-state index < -0.39 is 67.0 Å². The number of aliphatic hydroxyl groups excluding tert-OH is 1. The van der Waals surface area contributed by atoms with Crippen LogP contribution in [0.1, 0.15) is 51.8 Å². The van der Waals surface area contributed by atoms with E-state index in [9.17, 15) is 29.1 Å². The van der Waals surface area contributed by atoms with E-state index >= 15 is 0 Å². The second-order valence-corrected chi connectivity index (χ2v) is 10.5. The maximum Gasteiger partial charge on any atom is 0.338 e. The molecule has 6 rings (SSSR count). The molecule has 46 heavy (non-hydrogen) atoms. The van der Waals surface area contributed by atoms with Crippen LogP contribution >= 0.6 is 0 Å². The Morgan fingerprint density at radius 2 is 1.02 bits per heavy atom. The molecule has 2 aliphatic heterocycles. The lowest BCUT2D eigenvalue weighted by molar-refractivity contribution is -0.262. The molecule has 0 aromatic heterocycles. The fourth-order valence-electron chi connectivity index (χ4n) is 5.42. The average molecular weight is 622 g/mol. The first kappa shape index (κ1) is 30.4. The van der Waals surface area contributed by atoms with Gasteiger partial charge in [0.25, 0.3) is 11.8 Å². The molecule has 2 aliphatic rings. The van der Waals surface area contributed by atoms with Crippen molar-refractivity contribution in [1.29, 1.82) is 0 Å². The van der Waals surface area contributed by atoms with Crippen molar-refractivity contribution in [3.63, 3.8) is 0 Å². The van der Waals surface area contributed by atoms with Gasteiger partial charge in [0, 0.05) is 0 Å². The summed E-state index contributed by atoms with van der Waals surface area (Å²) in [6.07, 6.45) is -6.56. The first-order valence-corrected chi connectivity index (χ1v) is 14.4. The summed E-state index contributed by atoms with van der Waals surface area (Å²) in [5.74, 6) is -4.01. The maximum absolute atomic E-state index is 13.6. The minimum Gasteiger partial charge on any atom is -0.459 e. The summed E-state index contributed by atoms with van der Waals surface area (Å²) in [6, 6.07) is 28.3. The molecule has 1 fully saturated rings. The van der Waals surface area contributed by atoms with Crippen molar-refractivity contribution < 1.29 is 48.0 Å². The molecule has 11 nitrogen and oxygen atoms in total. The SMILES string of the molecule is O=C(OC[C@@H]1OC(O)[C@H](N2C(=O)c3ccccc3C2=O)[C@@H](OC(=O)c2ccccc2)[C@@H]1OC(=O)c1ccccc1)c1ccccc1. The highest BCUT2D eigenvalue weighted by atomic mass is 16.7. The molecule has 5 atom stereocenters. The molecule has 0 aliphatic carbocycles. The molecule has 2 amide bonds. The fourth-order valence-corrected chi connectivity index (χ4v) is 5.42. The zero-order valence-corrected chi connectivity index (χ0v) is 24.1. The monoisotopic (exact) mass is 621 g/mol. The van der Waals surface area contributed by atoms with Gasteiger partial charge in [0.2, 0.25) is 0 Å². The Morgan fingerprint density at radius 3 is 1.50 bits per heavy atom. The van der Waals surface area contributed by atoms with Crippen LogP contribution in [0.5, 0.6) is 0 Å². The number of esters is 3.